The molecule has 3 nitrogen and oxygen atoms in total. The van der Waals surface area contributed by atoms with Crippen LogP contribution >= 0.6 is 0 Å². The highest BCUT2D eigenvalue weighted by atomic mass is 32.2. The summed E-state index contributed by atoms with van der Waals surface area (Å²) in [6.45, 7) is 5.88. The Hall–Kier alpha value is -1.13. The van der Waals surface area contributed by atoms with Crippen molar-refractivity contribution in [3.8, 4) is 0 Å². The minimum atomic E-state index is -1.16. The molecule has 1 aromatic rings. The Morgan fingerprint density at radius 1 is 1.53 bits per heavy atom. The van der Waals surface area contributed by atoms with E-state index in [-0.39, 0.29) is 0 Å². The van der Waals surface area contributed by atoms with Gasteiger partial charge in [-0.3, -0.25) is 0 Å². The van der Waals surface area contributed by atoms with Gasteiger partial charge in [0.1, 0.15) is 22.5 Å². The van der Waals surface area contributed by atoms with Crippen LogP contribution < -0.4 is 4.72 Å². The molecule has 0 saturated heterocycles. The summed E-state index contributed by atoms with van der Waals surface area (Å²) in [6.07, 6.45) is 4.70. The van der Waals surface area contributed by atoms with Crippen LogP contribution in [-0.2, 0) is 11.0 Å². The maximum atomic E-state index is 11.7. The van der Waals surface area contributed by atoms with Crippen LogP contribution in [0.5, 0.6) is 0 Å². The minimum absolute atomic E-state index is 0.779. The van der Waals surface area contributed by atoms with Gasteiger partial charge in [0, 0.05) is 0 Å². The van der Waals surface area contributed by atoms with Gasteiger partial charge < -0.3 is 4.42 Å². The Kier molecular flexibility index (Phi) is 5.38. The second-order valence-electron chi connectivity index (χ2n) is 3.73. The van der Waals surface area contributed by atoms with Gasteiger partial charge >= 0.3 is 0 Å². The number of furan rings is 1. The molecule has 1 N–H and O–H groups in total. The molecule has 0 fully saturated rings. The van der Waals surface area contributed by atoms with E-state index in [4.69, 9.17) is 4.42 Å². The van der Waals surface area contributed by atoms with E-state index >= 15 is 0 Å². The highest BCUT2D eigenvalue weighted by molar-refractivity contribution is 7.87. The fourth-order valence-electron chi connectivity index (χ4n) is 1.44. The lowest BCUT2D eigenvalue weighted by Gasteiger charge is -2.02. The van der Waals surface area contributed by atoms with E-state index in [1.165, 1.54) is 0 Å². The number of nitrogens with one attached hydrogen (secondary N) is 1. The average molecular weight is 253 g/mol. The summed E-state index contributed by atoms with van der Waals surface area (Å²) in [5.74, 6) is 1.70. The lowest BCUT2D eigenvalue weighted by atomic mass is 10.2. The minimum Gasteiger partial charge on any atom is -0.462 e. The fraction of sp³-hybridized carbons (Fsp3) is 0.385. The molecule has 0 aromatic carbocycles. The molecule has 1 heterocycles. The molecule has 0 aliphatic rings. The largest absolute Gasteiger partial charge is 0.462 e. The van der Waals surface area contributed by atoms with Gasteiger partial charge in [0.05, 0.1) is 4.91 Å². The number of hydrogen-bond acceptors (Lipinski definition) is 2. The average Bonchev–Trinajstić information content (AvgIpc) is 2.74. The second-order valence-corrected chi connectivity index (χ2v) is 5.14. The molecule has 0 aliphatic heterocycles. The van der Waals surface area contributed by atoms with Crippen molar-refractivity contribution in [2.45, 2.75) is 27.2 Å². The molecule has 1 rings (SSSR count). The Labute approximate surface area is 105 Å². The van der Waals surface area contributed by atoms with E-state index in [0.717, 1.165) is 28.4 Å². The highest BCUT2D eigenvalue weighted by Gasteiger charge is 2.05. The van der Waals surface area contributed by atoms with E-state index < -0.39 is 11.0 Å². The van der Waals surface area contributed by atoms with Gasteiger partial charge in [-0.25, -0.2) is 8.93 Å². The molecule has 0 bridgehead atoms. The molecule has 0 aliphatic carbocycles. The smallest absolute Gasteiger partial charge is 0.129 e. The van der Waals surface area contributed by atoms with Crippen LogP contribution in [0.25, 0.3) is 5.57 Å². The molecule has 0 saturated carbocycles. The van der Waals surface area contributed by atoms with E-state index in [1.807, 2.05) is 45.1 Å². The van der Waals surface area contributed by atoms with Gasteiger partial charge in [0.25, 0.3) is 0 Å². The molecule has 0 radical (unpaired) electrons. The second kappa shape index (κ2) is 6.57. The van der Waals surface area contributed by atoms with Gasteiger partial charge in [0.15, 0.2) is 0 Å². The summed E-state index contributed by atoms with van der Waals surface area (Å²) < 4.78 is 20.0. The third-order valence-electron chi connectivity index (χ3n) is 2.29. The summed E-state index contributed by atoms with van der Waals surface area (Å²) in [6, 6.07) is 3.85. The molecule has 1 unspecified atom stereocenters. The first-order valence-electron chi connectivity index (χ1n) is 5.63. The summed E-state index contributed by atoms with van der Waals surface area (Å²) in [4.78, 5) is 0.779. The first-order valence-corrected chi connectivity index (χ1v) is 6.78. The third-order valence-corrected chi connectivity index (χ3v) is 3.38. The van der Waals surface area contributed by atoms with E-state index in [9.17, 15) is 4.21 Å². The zero-order valence-electron chi connectivity index (χ0n) is 10.7. The van der Waals surface area contributed by atoms with Crippen LogP contribution in [-0.4, -0.2) is 11.3 Å². The number of hydrogen-bond donors (Lipinski definition) is 1. The Bertz CT molecular complexity index is 458. The van der Waals surface area contributed by atoms with Crippen LogP contribution in [0.3, 0.4) is 0 Å². The normalized spacial score (nSPS) is 15.1. The predicted octanol–water partition coefficient (Wildman–Crippen LogP) is 3.17. The lowest BCUT2D eigenvalue weighted by molar-refractivity contribution is 0.521. The lowest BCUT2D eigenvalue weighted by Crippen LogP contribution is -2.11. The van der Waals surface area contributed by atoms with Crippen molar-refractivity contribution in [1.29, 1.82) is 0 Å². The monoisotopic (exact) mass is 253 g/mol. The topological polar surface area (TPSA) is 42.2 Å². The van der Waals surface area contributed by atoms with Gasteiger partial charge in [-0.2, -0.15) is 0 Å². The van der Waals surface area contributed by atoms with Crippen molar-refractivity contribution < 1.29 is 8.63 Å². The molecule has 17 heavy (non-hydrogen) atoms. The van der Waals surface area contributed by atoms with Crippen molar-refractivity contribution in [3.05, 3.63) is 40.7 Å². The van der Waals surface area contributed by atoms with Crippen LogP contribution in [0.15, 0.2) is 33.6 Å². The van der Waals surface area contributed by atoms with E-state index in [1.54, 1.807) is 7.05 Å². The van der Waals surface area contributed by atoms with Crippen molar-refractivity contribution in [3.63, 3.8) is 0 Å². The van der Waals surface area contributed by atoms with Crippen molar-refractivity contribution >= 4 is 16.6 Å². The van der Waals surface area contributed by atoms with Crippen LogP contribution in [0.4, 0.5) is 0 Å². The van der Waals surface area contributed by atoms with Crippen molar-refractivity contribution in [2.75, 3.05) is 7.05 Å². The summed E-state index contributed by atoms with van der Waals surface area (Å²) in [5, 5.41) is 0. The summed E-state index contributed by atoms with van der Waals surface area (Å²) in [7, 11) is 0.521. The molecule has 0 spiro atoms. The van der Waals surface area contributed by atoms with Gasteiger partial charge in [-0.05, 0) is 51.1 Å². The molecule has 4 heteroatoms. The summed E-state index contributed by atoms with van der Waals surface area (Å²) >= 11 is 0. The van der Waals surface area contributed by atoms with Gasteiger partial charge in [-0.15, -0.1) is 0 Å². The van der Waals surface area contributed by atoms with Crippen molar-refractivity contribution in [2.24, 2.45) is 0 Å². The standard InChI is InChI=1S/C13H19NO2S/c1-5-6-12(17(15)14-4)9-10(2)13-8-7-11(3)16-13/h6-9,14H,5H2,1-4H3/b10-9+,12-6+. The molecule has 1 aromatic heterocycles. The molecule has 0 amide bonds. The fourth-order valence-corrected chi connectivity index (χ4v) is 2.28. The van der Waals surface area contributed by atoms with Crippen LogP contribution in [0.1, 0.15) is 31.8 Å². The van der Waals surface area contributed by atoms with E-state index in [0.29, 0.717) is 0 Å². The SMILES string of the molecule is CC/C=C(\C=C(/C)c1ccc(C)o1)S(=O)NC. The Morgan fingerprint density at radius 2 is 2.24 bits per heavy atom. The molecule has 1 atom stereocenters. The quantitative estimate of drug-likeness (QED) is 0.819. The molecular weight excluding hydrogens is 234 g/mol. The van der Waals surface area contributed by atoms with Crippen LogP contribution in [0, 0.1) is 6.92 Å². The first kappa shape index (κ1) is 13.9. The zero-order chi connectivity index (χ0) is 12.8. The Morgan fingerprint density at radius 3 is 2.71 bits per heavy atom. The zero-order valence-corrected chi connectivity index (χ0v) is 11.6. The molecular formula is C13H19NO2S. The highest BCUT2D eigenvalue weighted by Crippen LogP contribution is 2.19. The number of rotatable bonds is 5. The number of allylic oxidation sites excluding steroid dienone is 3. The third kappa shape index (κ3) is 3.98. The van der Waals surface area contributed by atoms with Crippen molar-refractivity contribution in [1.82, 2.24) is 4.72 Å². The maximum absolute atomic E-state index is 11.7. The predicted molar refractivity (Wildman–Crippen MR) is 72.7 cm³/mol. The Balaban J connectivity index is 2.99. The van der Waals surface area contributed by atoms with E-state index in [2.05, 4.69) is 4.72 Å². The van der Waals surface area contributed by atoms with Gasteiger partial charge in [0.2, 0.25) is 0 Å². The maximum Gasteiger partial charge on any atom is 0.129 e. The van der Waals surface area contributed by atoms with Crippen LogP contribution in [0.2, 0.25) is 0 Å². The van der Waals surface area contributed by atoms with Gasteiger partial charge in [-0.1, -0.05) is 13.0 Å². The first-order chi connectivity index (χ1) is 8.08. The number of aryl methyl sites for hydroxylation is 1. The molecule has 94 valence electrons. The summed E-state index contributed by atoms with van der Waals surface area (Å²) in [5.41, 5.74) is 0.974.